The maximum atomic E-state index is 13.4. The van der Waals surface area contributed by atoms with E-state index in [0.717, 1.165) is 10.5 Å². The summed E-state index contributed by atoms with van der Waals surface area (Å²) >= 11 is 0. The van der Waals surface area contributed by atoms with Gasteiger partial charge in [0.1, 0.15) is 17.9 Å². The molecule has 1 saturated heterocycles. The molecule has 1 N–H and O–H groups in total. The molecule has 0 saturated carbocycles. The molecule has 0 bridgehead atoms. The molecule has 1 aliphatic rings. The third-order valence-corrected chi connectivity index (χ3v) is 5.89. The molecule has 0 aliphatic carbocycles. The topological polar surface area (TPSA) is 69.7 Å². The standard InChI is InChI=1S/C26H24FN3O3/c1-2-26(20-13-15-21(27)16-14-20)24(32)30(25(33)28-26)18-23(31)29(22-11-7-4-8-12-22)17-19-9-5-3-6-10-19/h3-16H,2,17-18H2,1H3,(H,28,33). The molecule has 6 nitrogen and oxygen atoms in total. The van der Waals surface area contributed by atoms with Crippen LogP contribution in [-0.2, 0) is 21.7 Å². The Bertz CT molecular complexity index is 1150. The lowest BCUT2D eigenvalue weighted by molar-refractivity contribution is -0.134. The summed E-state index contributed by atoms with van der Waals surface area (Å²) in [7, 11) is 0. The number of anilines is 1. The second-order valence-corrected chi connectivity index (χ2v) is 7.89. The van der Waals surface area contributed by atoms with Crippen LogP contribution in [-0.4, -0.2) is 29.3 Å². The van der Waals surface area contributed by atoms with Gasteiger partial charge in [0.05, 0.1) is 6.54 Å². The molecule has 168 valence electrons. The molecule has 3 aromatic rings. The maximum absolute atomic E-state index is 13.4. The molecule has 4 rings (SSSR count). The van der Waals surface area contributed by atoms with Gasteiger partial charge in [0.15, 0.2) is 0 Å². The fraction of sp³-hybridized carbons (Fsp3) is 0.192. The number of nitrogens with zero attached hydrogens (tertiary/aromatic N) is 2. The van der Waals surface area contributed by atoms with Crippen molar-refractivity contribution in [2.45, 2.75) is 25.4 Å². The number of urea groups is 1. The van der Waals surface area contributed by atoms with Crippen LogP contribution in [0.15, 0.2) is 84.9 Å². The van der Waals surface area contributed by atoms with E-state index in [1.165, 1.54) is 24.3 Å². The van der Waals surface area contributed by atoms with Crippen molar-refractivity contribution >= 4 is 23.5 Å². The van der Waals surface area contributed by atoms with Gasteiger partial charge in [-0.2, -0.15) is 0 Å². The molecule has 0 radical (unpaired) electrons. The second kappa shape index (κ2) is 9.24. The minimum atomic E-state index is -1.33. The zero-order valence-electron chi connectivity index (χ0n) is 18.2. The number of hydrogen-bond donors (Lipinski definition) is 1. The van der Waals surface area contributed by atoms with Gasteiger partial charge in [0.2, 0.25) is 5.91 Å². The summed E-state index contributed by atoms with van der Waals surface area (Å²) in [6.07, 6.45) is 0.264. The van der Waals surface area contributed by atoms with Gasteiger partial charge >= 0.3 is 6.03 Å². The Labute approximate surface area is 191 Å². The van der Waals surface area contributed by atoms with Crippen molar-refractivity contribution in [3.63, 3.8) is 0 Å². The number of hydrogen-bond acceptors (Lipinski definition) is 3. The average molecular weight is 445 g/mol. The SMILES string of the molecule is CCC1(c2ccc(F)cc2)NC(=O)N(CC(=O)N(Cc2ccccc2)c2ccccc2)C1=O. The van der Waals surface area contributed by atoms with Gasteiger partial charge in [-0.25, -0.2) is 9.18 Å². The highest BCUT2D eigenvalue weighted by Crippen LogP contribution is 2.32. The van der Waals surface area contributed by atoms with Crippen LogP contribution in [0.4, 0.5) is 14.9 Å². The molecule has 1 fully saturated rings. The number of rotatable bonds is 7. The van der Waals surface area contributed by atoms with E-state index in [1.807, 2.05) is 60.7 Å². The Morgan fingerprint density at radius 1 is 0.939 bits per heavy atom. The van der Waals surface area contributed by atoms with Crippen LogP contribution in [0.25, 0.3) is 0 Å². The predicted molar refractivity (Wildman–Crippen MR) is 123 cm³/mol. The van der Waals surface area contributed by atoms with E-state index in [9.17, 15) is 18.8 Å². The van der Waals surface area contributed by atoms with Crippen molar-refractivity contribution in [2.24, 2.45) is 0 Å². The minimum Gasteiger partial charge on any atom is -0.319 e. The average Bonchev–Trinajstić information content (AvgIpc) is 3.09. The first-order valence-electron chi connectivity index (χ1n) is 10.7. The molecule has 1 heterocycles. The van der Waals surface area contributed by atoms with Gasteiger partial charge in [0, 0.05) is 5.69 Å². The molecule has 3 aromatic carbocycles. The molecule has 1 aliphatic heterocycles. The summed E-state index contributed by atoms with van der Waals surface area (Å²) in [6.45, 7) is 1.65. The van der Waals surface area contributed by atoms with Gasteiger partial charge < -0.3 is 10.2 Å². The number of amides is 4. The lowest BCUT2D eigenvalue weighted by Crippen LogP contribution is -2.45. The summed E-state index contributed by atoms with van der Waals surface area (Å²) in [6, 6.07) is 23.4. The highest BCUT2D eigenvalue weighted by Gasteiger charge is 2.51. The summed E-state index contributed by atoms with van der Waals surface area (Å²) in [5, 5.41) is 2.73. The quantitative estimate of drug-likeness (QED) is 0.554. The van der Waals surface area contributed by atoms with Gasteiger partial charge in [-0.3, -0.25) is 14.5 Å². The van der Waals surface area contributed by atoms with Gasteiger partial charge in [-0.05, 0) is 41.8 Å². The van der Waals surface area contributed by atoms with Crippen molar-refractivity contribution in [3.05, 3.63) is 102 Å². The fourth-order valence-corrected chi connectivity index (χ4v) is 4.06. The molecular weight excluding hydrogens is 421 g/mol. The summed E-state index contributed by atoms with van der Waals surface area (Å²) in [5.41, 5.74) is 0.728. The lowest BCUT2D eigenvalue weighted by atomic mass is 9.87. The Balaban J connectivity index is 1.60. The highest BCUT2D eigenvalue weighted by atomic mass is 19.1. The molecule has 1 unspecified atom stereocenters. The Kier molecular flexibility index (Phi) is 6.22. The largest absolute Gasteiger partial charge is 0.325 e. The zero-order valence-corrected chi connectivity index (χ0v) is 18.2. The van der Waals surface area contributed by atoms with Crippen LogP contribution in [0.2, 0.25) is 0 Å². The molecule has 0 aromatic heterocycles. The number of halogens is 1. The Morgan fingerprint density at radius 2 is 1.55 bits per heavy atom. The molecule has 1 atom stereocenters. The van der Waals surface area contributed by atoms with Crippen molar-refractivity contribution < 1.29 is 18.8 Å². The van der Waals surface area contributed by atoms with Crippen molar-refractivity contribution in [1.29, 1.82) is 0 Å². The molecule has 4 amide bonds. The second-order valence-electron chi connectivity index (χ2n) is 7.89. The third kappa shape index (κ3) is 4.35. The number of benzene rings is 3. The van der Waals surface area contributed by atoms with Crippen molar-refractivity contribution in [2.75, 3.05) is 11.4 Å². The van der Waals surface area contributed by atoms with Gasteiger partial charge in [-0.15, -0.1) is 0 Å². The summed E-state index contributed by atoms with van der Waals surface area (Å²) < 4.78 is 13.4. The lowest BCUT2D eigenvalue weighted by Gasteiger charge is -2.27. The summed E-state index contributed by atoms with van der Waals surface area (Å²) in [5.74, 6) is -1.35. The summed E-state index contributed by atoms with van der Waals surface area (Å²) in [4.78, 5) is 42.1. The molecule has 7 heteroatoms. The number of imide groups is 1. The van der Waals surface area contributed by atoms with Crippen LogP contribution in [0, 0.1) is 5.82 Å². The van der Waals surface area contributed by atoms with Gasteiger partial charge in [0.25, 0.3) is 5.91 Å². The highest BCUT2D eigenvalue weighted by molar-refractivity contribution is 6.10. The fourth-order valence-electron chi connectivity index (χ4n) is 4.06. The van der Waals surface area contributed by atoms with Crippen LogP contribution in [0.3, 0.4) is 0 Å². The number of carbonyl (C=O) groups is 3. The van der Waals surface area contributed by atoms with E-state index in [4.69, 9.17) is 0 Å². The predicted octanol–water partition coefficient (Wildman–Crippen LogP) is 4.22. The van der Waals surface area contributed by atoms with E-state index in [0.29, 0.717) is 17.8 Å². The van der Waals surface area contributed by atoms with E-state index < -0.39 is 29.8 Å². The third-order valence-electron chi connectivity index (χ3n) is 5.89. The van der Waals surface area contributed by atoms with Crippen LogP contribution in [0.5, 0.6) is 0 Å². The first kappa shape index (κ1) is 22.2. The van der Waals surface area contributed by atoms with Crippen LogP contribution < -0.4 is 10.2 Å². The molecular formula is C26H24FN3O3. The van der Waals surface area contributed by atoms with E-state index in [2.05, 4.69) is 5.32 Å². The monoisotopic (exact) mass is 445 g/mol. The van der Waals surface area contributed by atoms with Crippen LogP contribution >= 0.6 is 0 Å². The van der Waals surface area contributed by atoms with Gasteiger partial charge in [-0.1, -0.05) is 67.6 Å². The Morgan fingerprint density at radius 3 is 2.15 bits per heavy atom. The number of para-hydroxylation sites is 1. The normalized spacial score (nSPS) is 17.7. The van der Waals surface area contributed by atoms with E-state index in [1.54, 1.807) is 11.8 Å². The first-order chi connectivity index (χ1) is 15.9. The number of carbonyl (C=O) groups excluding carboxylic acids is 3. The van der Waals surface area contributed by atoms with Crippen molar-refractivity contribution in [3.8, 4) is 0 Å². The maximum Gasteiger partial charge on any atom is 0.325 e. The van der Waals surface area contributed by atoms with E-state index >= 15 is 0 Å². The number of nitrogens with one attached hydrogen (secondary N) is 1. The van der Waals surface area contributed by atoms with Crippen LogP contribution in [0.1, 0.15) is 24.5 Å². The van der Waals surface area contributed by atoms with Crippen molar-refractivity contribution in [1.82, 2.24) is 10.2 Å². The molecule has 0 spiro atoms. The smallest absolute Gasteiger partial charge is 0.319 e. The Hall–Kier alpha value is -4.00. The molecule has 33 heavy (non-hydrogen) atoms. The first-order valence-corrected chi connectivity index (χ1v) is 10.7. The minimum absolute atomic E-state index is 0.264. The zero-order chi connectivity index (χ0) is 23.4. The van der Waals surface area contributed by atoms with E-state index in [-0.39, 0.29) is 12.3 Å².